The summed E-state index contributed by atoms with van der Waals surface area (Å²) >= 11 is 3.43. The number of nitrogen functional groups attached to an aromatic ring is 1. The molecule has 1 aromatic heterocycles. The molecule has 0 bridgehead atoms. The molecule has 3 aromatic rings. The predicted octanol–water partition coefficient (Wildman–Crippen LogP) is 3.22. The number of nitrogens with two attached hydrogens (primary N) is 1. The second-order valence-electron chi connectivity index (χ2n) is 7.67. The highest BCUT2D eigenvalue weighted by Crippen LogP contribution is 2.27. The highest BCUT2D eigenvalue weighted by Gasteiger charge is 2.20. The maximum absolute atomic E-state index is 12.8. The molecule has 0 saturated carbocycles. The van der Waals surface area contributed by atoms with Gasteiger partial charge in [0.05, 0.1) is 11.6 Å². The molecular formula is C22H25BrN6O. The van der Waals surface area contributed by atoms with Crippen LogP contribution in [0.15, 0.2) is 46.9 Å². The molecule has 1 amide bonds. The summed E-state index contributed by atoms with van der Waals surface area (Å²) in [4.78, 5) is 26.2. The summed E-state index contributed by atoms with van der Waals surface area (Å²) in [5.41, 5.74) is 8.26. The van der Waals surface area contributed by atoms with Gasteiger partial charge in [0.25, 0.3) is 5.91 Å². The van der Waals surface area contributed by atoms with E-state index < -0.39 is 0 Å². The van der Waals surface area contributed by atoms with E-state index in [2.05, 4.69) is 48.1 Å². The molecule has 2 aromatic carbocycles. The van der Waals surface area contributed by atoms with Crippen LogP contribution in [0.5, 0.6) is 0 Å². The maximum atomic E-state index is 12.8. The Labute approximate surface area is 184 Å². The molecule has 1 saturated heterocycles. The molecule has 0 radical (unpaired) electrons. The molecule has 4 rings (SSSR count). The Bertz CT molecular complexity index is 1060. The van der Waals surface area contributed by atoms with Crippen molar-refractivity contribution in [3.63, 3.8) is 0 Å². The molecule has 0 spiro atoms. The van der Waals surface area contributed by atoms with Crippen LogP contribution >= 0.6 is 15.9 Å². The van der Waals surface area contributed by atoms with Gasteiger partial charge < -0.3 is 20.9 Å². The third kappa shape index (κ3) is 4.39. The zero-order valence-corrected chi connectivity index (χ0v) is 18.7. The van der Waals surface area contributed by atoms with E-state index in [-0.39, 0.29) is 17.9 Å². The van der Waals surface area contributed by atoms with E-state index in [9.17, 15) is 4.79 Å². The minimum absolute atomic E-state index is 0.113. The number of piperazine rings is 1. The van der Waals surface area contributed by atoms with Crippen molar-refractivity contribution in [2.24, 2.45) is 0 Å². The van der Waals surface area contributed by atoms with Crippen LogP contribution in [0.1, 0.15) is 28.9 Å². The number of nitrogens with zero attached hydrogens (tertiary/aromatic N) is 4. The highest BCUT2D eigenvalue weighted by molar-refractivity contribution is 9.10. The van der Waals surface area contributed by atoms with Crippen molar-refractivity contribution in [2.75, 3.05) is 43.9 Å². The van der Waals surface area contributed by atoms with E-state index in [1.165, 1.54) is 0 Å². The van der Waals surface area contributed by atoms with Gasteiger partial charge in [0.15, 0.2) is 0 Å². The topological polar surface area (TPSA) is 87.4 Å². The number of fused-ring (bicyclic) bond motifs is 1. The minimum Gasteiger partial charge on any atom is -0.368 e. The average molecular weight is 469 g/mol. The number of likely N-dealkylation sites (N-methyl/N-ethyl adjacent to an activating group) is 1. The van der Waals surface area contributed by atoms with E-state index >= 15 is 0 Å². The summed E-state index contributed by atoms with van der Waals surface area (Å²) in [7, 11) is 2.12. The Morgan fingerprint density at radius 3 is 2.50 bits per heavy atom. The number of nitrogens with one attached hydrogen (secondary N) is 1. The normalized spacial score (nSPS) is 15.9. The second kappa shape index (κ2) is 8.57. The average Bonchev–Trinajstić information content (AvgIpc) is 2.73. The van der Waals surface area contributed by atoms with Crippen molar-refractivity contribution in [3.05, 3.63) is 58.1 Å². The number of aromatic nitrogens is 2. The second-order valence-corrected chi connectivity index (χ2v) is 8.59. The summed E-state index contributed by atoms with van der Waals surface area (Å²) in [6.45, 7) is 5.68. The molecule has 2 heterocycles. The first-order valence-corrected chi connectivity index (χ1v) is 10.8. The predicted molar refractivity (Wildman–Crippen MR) is 124 cm³/mol. The fourth-order valence-electron chi connectivity index (χ4n) is 3.65. The SMILES string of the molecule is CC(NC(=O)c1ccc2c(N3CCN(C)CC3)nc(N)nc2c1)c1ccc(Br)cc1. The molecule has 30 heavy (non-hydrogen) atoms. The van der Waals surface area contributed by atoms with Gasteiger partial charge in [-0.25, -0.2) is 4.98 Å². The van der Waals surface area contributed by atoms with Crippen LogP contribution in [0.2, 0.25) is 0 Å². The van der Waals surface area contributed by atoms with Crippen LogP contribution in [0, 0.1) is 0 Å². The lowest BCUT2D eigenvalue weighted by atomic mass is 10.1. The van der Waals surface area contributed by atoms with Gasteiger partial charge in [0.2, 0.25) is 5.95 Å². The van der Waals surface area contributed by atoms with Gasteiger partial charge >= 0.3 is 0 Å². The standard InChI is InChI=1S/C22H25BrN6O/c1-14(15-3-6-17(23)7-4-15)25-21(30)16-5-8-18-19(13-16)26-22(24)27-20(18)29-11-9-28(2)10-12-29/h3-8,13-14H,9-12H2,1-2H3,(H,25,30)(H2,24,26,27). The Morgan fingerprint density at radius 1 is 1.10 bits per heavy atom. The lowest BCUT2D eigenvalue weighted by molar-refractivity contribution is 0.0940. The fraction of sp³-hybridized carbons (Fsp3) is 0.318. The number of carbonyl (C=O) groups is 1. The van der Waals surface area contributed by atoms with Gasteiger partial charge in [0, 0.05) is 41.6 Å². The van der Waals surface area contributed by atoms with Crippen molar-refractivity contribution >= 4 is 44.5 Å². The first-order chi connectivity index (χ1) is 14.4. The van der Waals surface area contributed by atoms with Gasteiger partial charge in [-0.05, 0) is 49.9 Å². The number of carbonyl (C=O) groups excluding carboxylic acids is 1. The van der Waals surface area contributed by atoms with Crippen LogP contribution in [-0.2, 0) is 0 Å². The van der Waals surface area contributed by atoms with Crippen LogP contribution in [-0.4, -0.2) is 54.0 Å². The number of hydrogen-bond acceptors (Lipinski definition) is 6. The Kier molecular flexibility index (Phi) is 5.87. The van der Waals surface area contributed by atoms with Crippen LogP contribution in [0.4, 0.5) is 11.8 Å². The number of rotatable bonds is 4. The van der Waals surface area contributed by atoms with E-state index in [1.54, 1.807) is 6.07 Å². The van der Waals surface area contributed by atoms with Crippen molar-refractivity contribution in [1.82, 2.24) is 20.2 Å². The number of halogens is 1. The Hall–Kier alpha value is -2.71. The molecule has 1 fully saturated rings. The molecule has 0 aliphatic carbocycles. The summed E-state index contributed by atoms with van der Waals surface area (Å²) in [5.74, 6) is 0.906. The van der Waals surface area contributed by atoms with Crippen LogP contribution in [0.3, 0.4) is 0 Å². The zero-order chi connectivity index (χ0) is 21.3. The minimum atomic E-state index is -0.148. The molecule has 8 heteroatoms. The van der Waals surface area contributed by atoms with Gasteiger partial charge in [0.1, 0.15) is 5.82 Å². The van der Waals surface area contributed by atoms with E-state index in [0.717, 1.165) is 47.4 Å². The first kappa shape index (κ1) is 20.6. The molecule has 156 valence electrons. The molecular weight excluding hydrogens is 444 g/mol. The molecule has 7 nitrogen and oxygen atoms in total. The lowest BCUT2D eigenvalue weighted by Gasteiger charge is -2.33. The van der Waals surface area contributed by atoms with Gasteiger partial charge in [-0.3, -0.25) is 4.79 Å². The first-order valence-electron chi connectivity index (χ1n) is 9.98. The third-order valence-electron chi connectivity index (χ3n) is 5.48. The largest absolute Gasteiger partial charge is 0.368 e. The third-order valence-corrected chi connectivity index (χ3v) is 6.01. The van der Waals surface area contributed by atoms with Crippen molar-refractivity contribution in [3.8, 4) is 0 Å². The molecule has 1 aliphatic heterocycles. The lowest BCUT2D eigenvalue weighted by Crippen LogP contribution is -2.45. The Morgan fingerprint density at radius 2 is 1.80 bits per heavy atom. The molecule has 1 unspecified atom stereocenters. The number of hydrogen-bond donors (Lipinski definition) is 2. The quantitative estimate of drug-likeness (QED) is 0.610. The molecule has 3 N–H and O–H groups in total. The summed E-state index contributed by atoms with van der Waals surface area (Å²) in [6.07, 6.45) is 0. The monoisotopic (exact) mass is 468 g/mol. The number of anilines is 2. The van der Waals surface area contributed by atoms with E-state index in [1.807, 2.05) is 43.3 Å². The highest BCUT2D eigenvalue weighted by atomic mass is 79.9. The molecule has 1 aliphatic rings. The summed E-state index contributed by atoms with van der Waals surface area (Å²) < 4.78 is 1.01. The summed E-state index contributed by atoms with van der Waals surface area (Å²) in [5, 5.41) is 3.96. The van der Waals surface area contributed by atoms with Crippen molar-refractivity contribution < 1.29 is 4.79 Å². The van der Waals surface area contributed by atoms with Crippen molar-refractivity contribution in [1.29, 1.82) is 0 Å². The number of benzene rings is 2. The van der Waals surface area contributed by atoms with Gasteiger partial charge in [-0.15, -0.1) is 0 Å². The fourth-order valence-corrected chi connectivity index (χ4v) is 3.91. The van der Waals surface area contributed by atoms with Crippen LogP contribution in [0.25, 0.3) is 10.9 Å². The number of amides is 1. The molecule has 1 atom stereocenters. The van der Waals surface area contributed by atoms with Crippen molar-refractivity contribution in [2.45, 2.75) is 13.0 Å². The van der Waals surface area contributed by atoms with E-state index in [0.29, 0.717) is 11.1 Å². The van der Waals surface area contributed by atoms with Crippen LogP contribution < -0.4 is 16.0 Å². The maximum Gasteiger partial charge on any atom is 0.251 e. The van der Waals surface area contributed by atoms with Gasteiger partial charge in [-0.1, -0.05) is 28.1 Å². The zero-order valence-electron chi connectivity index (χ0n) is 17.1. The van der Waals surface area contributed by atoms with E-state index in [4.69, 9.17) is 5.73 Å². The summed E-state index contributed by atoms with van der Waals surface area (Å²) in [6, 6.07) is 13.3. The Balaban J connectivity index is 1.58. The van der Waals surface area contributed by atoms with Gasteiger partial charge in [-0.2, -0.15) is 4.98 Å². The smallest absolute Gasteiger partial charge is 0.251 e.